The Labute approximate surface area is 176 Å². The fraction of sp³-hybridized carbons (Fsp3) is 0.348. The zero-order chi connectivity index (χ0) is 21.7. The molecule has 7 nitrogen and oxygen atoms in total. The van der Waals surface area contributed by atoms with Crippen LogP contribution < -0.4 is 15.0 Å². The number of anilines is 2. The zero-order valence-electron chi connectivity index (χ0n) is 17.4. The van der Waals surface area contributed by atoms with E-state index < -0.39 is 23.5 Å². The van der Waals surface area contributed by atoms with Gasteiger partial charge in [0.25, 0.3) is 5.91 Å². The summed E-state index contributed by atoms with van der Waals surface area (Å²) in [4.78, 5) is 39.2. The SMILES string of the molecule is C[C@@H](OC(=O)CCCOc1ccccc1)C(=O)N1c2ccccc2NC(=O)C1(C)C. The molecule has 1 atom stereocenters. The maximum absolute atomic E-state index is 13.1. The summed E-state index contributed by atoms with van der Waals surface area (Å²) in [6.07, 6.45) is -0.425. The van der Waals surface area contributed by atoms with Crippen LogP contribution in [0.4, 0.5) is 11.4 Å². The van der Waals surface area contributed by atoms with Crippen LogP contribution in [0.1, 0.15) is 33.6 Å². The second-order valence-electron chi connectivity index (χ2n) is 7.60. The molecule has 0 bridgehead atoms. The summed E-state index contributed by atoms with van der Waals surface area (Å²) >= 11 is 0. The van der Waals surface area contributed by atoms with E-state index in [2.05, 4.69) is 5.32 Å². The number of hydrogen-bond donors (Lipinski definition) is 1. The van der Waals surface area contributed by atoms with Crippen molar-refractivity contribution in [3.63, 3.8) is 0 Å². The number of nitrogens with zero attached hydrogens (tertiary/aromatic N) is 1. The van der Waals surface area contributed by atoms with Crippen molar-refractivity contribution in [2.75, 3.05) is 16.8 Å². The molecule has 0 aliphatic carbocycles. The number of nitrogens with one attached hydrogen (secondary N) is 1. The van der Waals surface area contributed by atoms with Gasteiger partial charge in [-0.15, -0.1) is 0 Å². The predicted molar refractivity (Wildman–Crippen MR) is 113 cm³/mol. The van der Waals surface area contributed by atoms with Crippen LogP contribution in [0.3, 0.4) is 0 Å². The lowest BCUT2D eigenvalue weighted by atomic mass is 9.95. The van der Waals surface area contributed by atoms with Gasteiger partial charge < -0.3 is 14.8 Å². The van der Waals surface area contributed by atoms with Crippen molar-refractivity contribution < 1.29 is 23.9 Å². The van der Waals surface area contributed by atoms with Gasteiger partial charge in [-0.3, -0.25) is 19.3 Å². The minimum Gasteiger partial charge on any atom is -0.494 e. The highest BCUT2D eigenvalue weighted by Crippen LogP contribution is 2.37. The first-order valence-corrected chi connectivity index (χ1v) is 9.92. The number of esters is 1. The first kappa shape index (κ1) is 21.4. The molecule has 1 N–H and O–H groups in total. The van der Waals surface area contributed by atoms with Crippen LogP contribution in [0.15, 0.2) is 54.6 Å². The van der Waals surface area contributed by atoms with E-state index in [-0.39, 0.29) is 12.3 Å². The quantitative estimate of drug-likeness (QED) is 0.557. The van der Waals surface area contributed by atoms with Gasteiger partial charge in [0.05, 0.1) is 18.0 Å². The Kier molecular flexibility index (Phi) is 6.40. The van der Waals surface area contributed by atoms with Crippen molar-refractivity contribution in [3.8, 4) is 5.75 Å². The normalized spacial score (nSPS) is 15.6. The Morgan fingerprint density at radius 1 is 1.07 bits per heavy atom. The van der Waals surface area contributed by atoms with Gasteiger partial charge in [0.2, 0.25) is 5.91 Å². The van der Waals surface area contributed by atoms with Crippen LogP contribution in [0, 0.1) is 0 Å². The van der Waals surface area contributed by atoms with Crippen LogP contribution in [0.2, 0.25) is 0 Å². The van der Waals surface area contributed by atoms with Gasteiger partial charge in [0.15, 0.2) is 6.10 Å². The molecule has 2 amide bonds. The Morgan fingerprint density at radius 2 is 1.73 bits per heavy atom. The molecule has 30 heavy (non-hydrogen) atoms. The Hall–Kier alpha value is -3.35. The molecule has 0 saturated heterocycles. The number of carbonyl (C=O) groups excluding carboxylic acids is 3. The lowest BCUT2D eigenvalue weighted by Gasteiger charge is -2.42. The van der Waals surface area contributed by atoms with Gasteiger partial charge in [-0.1, -0.05) is 30.3 Å². The first-order chi connectivity index (χ1) is 14.3. The van der Waals surface area contributed by atoms with Crippen LogP contribution in [0.25, 0.3) is 0 Å². The zero-order valence-corrected chi connectivity index (χ0v) is 17.4. The van der Waals surface area contributed by atoms with Crippen molar-refractivity contribution in [2.45, 2.75) is 45.3 Å². The van der Waals surface area contributed by atoms with E-state index in [1.807, 2.05) is 30.3 Å². The molecule has 0 unspecified atom stereocenters. The molecular formula is C23H26N2O5. The Balaban J connectivity index is 1.58. The van der Waals surface area contributed by atoms with Crippen LogP contribution >= 0.6 is 0 Å². The van der Waals surface area contributed by atoms with Gasteiger partial charge in [-0.05, 0) is 51.5 Å². The second-order valence-corrected chi connectivity index (χ2v) is 7.60. The molecule has 0 spiro atoms. The highest BCUT2D eigenvalue weighted by atomic mass is 16.5. The molecule has 0 saturated carbocycles. The lowest BCUT2D eigenvalue weighted by molar-refractivity contribution is -0.154. The van der Waals surface area contributed by atoms with Crippen molar-refractivity contribution in [1.82, 2.24) is 0 Å². The summed E-state index contributed by atoms with van der Waals surface area (Å²) < 4.78 is 10.9. The maximum atomic E-state index is 13.1. The molecule has 2 aromatic rings. The van der Waals surface area contributed by atoms with Gasteiger partial charge >= 0.3 is 5.97 Å². The van der Waals surface area contributed by atoms with Gasteiger partial charge in [-0.25, -0.2) is 0 Å². The summed E-state index contributed by atoms with van der Waals surface area (Å²) in [5, 5.41) is 2.81. The van der Waals surface area contributed by atoms with Crippen LogP contribution in [-0.4, -0.2) is 36.0 Å². The Bertz CT molecular complexity index is 926. The molecule has 158 valence electrons. The summed E-state index contributed by atoms with van der Waals surface area (Å²) in [7, 11) is 0. The topological polar surface area (TPSA) is 84.9 Å². The van der Waals surface area contributed by atoms with E-state index in [4.69, 9.17) is 9.47 Å². The number of fused-ring (bicyclic) bond motifs is 1. The molecule has 2 aromatic carbocycles. The third-order valence-electron chi connectivity index (χ3n) is 4.92. The second kappa shape index (κ2) is 8.98. The third kappa shape index (κ3) is 4.62. The largest absolute Gasteiger partial charge is 0.494 e. The number of rotatable bonds is 7. The minimum atomic E-state index is -1.12. The molecule has 1 heterocycles. The average molecular weight is 410 g/mol. The highest BCUT2D eigenvalue weighted by molar-refractivity contribution is 6.15. The van der Waals surface area contributed by atoms with Crippen molar-refractivity contribution in [2.24, 2.45) is 0 Å². The number of amides is 2. The Morgan fingerprint density at radius 3 is 2.47 bits per heavy atom. The standard InChI is InChI=1S/C23H26N2O5/c1-16(30-20(26)14-9-15-29-17-10-5-4-6-11-17)21(27)25-19-13-8-7-12-18(19)24-22(28)23(25,2)3/h4-8,10-13,16H,9,14-15H2,1-3H3,(H,24,28)/t16-/m1/s1. The molecule has 7 heteroatoms. The molecular weight excluding hydrogens is 384 g/mol. The summed E-state index contributed by atoms with van der Waals surface area (Å²) in [5.41, 5.74) is 0.00772. The number of benzene rings is 2. The minimum absolute atomic E-state index is 0.130. The highest BCUT2D eigenvalue weighted by Gasteiger charge is 2.45. The van der Waals surface area contributed by atoms with Crippen LogP contribution in [-0.2, 0) is 19.1 Å². The van der Waals surface area contributed by atoms with Crippen LogP contribution in [0.5, 0.6) is 5.75 Å². The number of hydrogen-bond acceptors (Lipinski definition) is 5. The molecule has 3 rings (SSSR count). The van der Waals surface area contributed by atoms with E-state index in [9.17, 15) is 14.4 Å². The van der Waals surface area contributed by atoms with Crippen molar-refractivity contribution >= 4 is 29.2 Å². The number of carbonyl (C=O) groups is 3. The molecule has 0 fully saturated rings. The van der Waals surface area contributed by atoms with Gasteiger partial charge in [-0.2, -0.15) is 0 Å². The third-order valence-corrected chi connectivity index (χ3v) is 4.92. The smallest absolute Gasteiger partial charge is 0.306 e. The maximum Gasteiger partial charge on any atom is 0.306 e. The summed E-state index contributed by atoms with van der Waals surface area (Å²) in [6.45, 7) is 5.21. The van der Waals surface area contributed by atoms with E-state index in [1.54, 1.807) is 38.1 Å². The van der Waals surface area contributed by atoms with Gasteiger partial charge in [0.1, 0.15) is 11.3 Å². The first-order valence-electron chi connectivity index (χ1n) is 9.92. The van der Waals surface area contributed by atoms with Crippen molar-refractivity contribution in [3.05, 3.63) is 54.6 Å². The molecule has 0 radical (unpaired) electrons. The van der Waals surface area contributed by atoms with Gasteiger partial charge in [0, 0.05) is 6.42 Å². The fourth-order valence-corrected chi connectivity index (χ4v) is 3.26. The van der Waals surface area contributed by atoms with E-state index in [1.165, 1.54) is 11.8 Å². The summed E-state index contributed by atoms with van der Waals surface area (Å²) in [6, 6.07) is 16.4. The average Bonchev–Trinajstić information content (AvgIpc) is 2.72. The van der Waals surface area contributed by atoms with E-state index in [0.29, 0.717) is 24.4 Å². The monoisotopic (exact) mass is 410 g/mol. The number of ether oxygens (including phenoxy) is 2. The number of para-hydroxylation sites is 3. The molecule has 1 aliphatic rings. The van der Waals surface area contributed by atoms with E-state index in [0.717, 1.165) is 5.75 Å². The lowest BCUT2D eigenvalue weighted by Crippen LogP contribution is -2.60. The molecule has 1 aliphatic heterocycles. The van der Waals surface area contributed by atoms with E-state index >= 15 is 0 Å². The van der Waals surface area contributed by atoms with Crippen molar-refractivity contribution in [1.29, 1.82) is 0 Å². The summed E-state index contributed by atoms with van der Waals surface area (Å²) in [5.74, 6) is -0.499. The predicted octanol–water partition coefficient (Wildman–Crippen LogP) is 3.54. The fourth-order valence-electron chi connectivity index (χ4n) is 3.26. The molecule has 0 aromatic heterocycles.